The number of aliphatic hydroxyl groups excluding tert-OH is 1. The third-order valence-corrected chi connectivity index (χ3v) is 8.53. The highest BCUT2D eigenvalue weighted by Gasteiger charge is 2.32. The first-order chi connectivity index (χ1) is 34.0. The Morgan fingerprint density at radius 3 is 0.795 bits per heavy atom. The second-order valence-corrected chi connectivity index (χ2v) is 15.3. The molecule has 25 nitrogen and oxygen atoms in total. The van der Waals surface area contributed by atoms with Gasteiger partial charge in [0, 0.05) is 13.8 Å². The molecule has 10 atom stereocenters. The molecule has 0 heterocycles. The maximum absolute atomic E-state index is 12.1. The van der Waals surface area contributed by atoms with Crippen LogP contribution in [-0.4, -0.2) is 143 Å². The summed E-state index contributed by atoms with van der Waals surface area (Å²) in [6.45, 7) is 14.8. The normalized spacial score (nSPS) is 14.4. The number of hydrogen-bond donors (Lipinski definition) is 2. The lowest BCUT2D eigenvalue weighted by Gasteiger charge is -2.19. The van der Waals surface area contributed by atoms with Crippen LogP contribution in [0.2, 0.25) is 0 Å². The zero-order valence-electron chi connectivity index (χ0n) is 42.2. The molecular formula is C48H62O25. The van der Waals surface area contributed by atoms with E-state index < -0.39 is 133 Å². The quantitative estimate of drug-likeness (QED) is 0.119. The molecule has 25 heteroatoms. The Morgan fingerprint density at radius 1 is 0.342 bits per heavy atom. The van der Waals surface area contributed by atoms with E-state index in [1.807, 2.05) is 36.4 Å². The highest BCUT2D eigenvalue weighted by Crippen LogP contribution is 2.10. The first kappa shape index (κ1) is 65.0. The van der Waals surface area contributed by atoms with Crippen LogP contribution in [0.3, 0.4) is 0 Å². The van der Waals surface area contributed by atoms with E-state index >= 15 is 0 Å². The zero-order valence-corrected chi connectivity index (χ0v) is 42.2. The highest BCUT2D eigenvalue weighted by atomic mass is 16.7. The Hall–Kier alpha value is -7.96. The van der Waals surface area contributed by atoms with Gasteiger partial charge in [0.2, 0.25) is 0 Å². The lowest BCUT2D eigenvalue weighted by molar-refractivity contribution is -0.185. The second kappa shape index (κ2) is 33.6. The smallest absolute Gasteiger partial charge is 0.347 e. The molecule has 0 aliphatic heterocycles. The van der Waals surface area contributed by atoms with E-state index in [1.165, 1.54) is 62.3 Å². The molecule has 2 aromatic rings. The number of ether oxygens (including phenoxy) is 11. The van der Waals surface area contributed by atoms with Crippen LogP contribution in [0.15, 0.2) is 60.7 Å². The lowest BCUT2D eigenvalue weighted by atomic mass is 10.2. The summed E-state index contributed by atoms with van der Waals surface area (Å²) >= 11 is 0. The first-order valence-corrected chi connectivity index (χ1v) is 22.1. The summed E-state index contributed by atoms with van der Waals surface area (Å²) in [5, 5.41) is 17.6. The van der Waals surface area contributed by atoms with Crippen LogP contribution >= 0.6 is 0 Å². The van der Waals surface area contributed by atoms with Gasteiger partial charge in [0.05, 0.1) is 0 Å². The Morgan fingerprint density at radius 2 is 0.562 bits per heavy atom. The van der Waals surface area contributed by atoms with Crippen LogP contribution in [-0.2, 0) is 123 Å². The van der Waals surface area contributed by atoms with Crippen LogP contribution in [0.25, 0.3) is 0 Å². The van der Waals surface area contributed by atoms with Gasteiger partial charge in [0.15, 0.2) is 54.9 Å². The Balaban J connectivity index is 0.00000111. The topological polar surface area (TPSA) is 347 Å². The first-order valence-electron chi connectivity index (χ1n) is 22.1. The summed E-state index contributed by atoms with van der Waals surface area (Å²) in [6, 6.07) is 18.1. The van der Waals surface area contributed by atoms with Gasteiger partial charge < -0.3 is 62.3 Å². The second-order valence-electron chi connectivity index (χ2n) is 15.3. The van der Waals surface area contributed by atoms with E-state index in [-0.39, 0.29) is 13.2 Å². The Bertz CT molecular complexity index is 2170. The molecule has 0 saturated heterocycles. The molecule has 404 valence electrons. The van der Waals surface area contributed by atoms with Crippen molar-refractivity contribution in [2.45, 2.75) is 157 Å². The molecule has 0 amide bonds. The monoisotopic (exact) mass is 1040 g/mol. The summed E-state index contributed by atoms with van der Waals surface area (Å²) < 4.78 is 52.6. The minimum Gasteiger partial charge on any atom is -0.479 e. The van der Waals surface area contributed by atoms with Crippen molar-refractivity contribution >= 4 is 71.6 Å². The van der Waals surface area contributed by atoms with Crippen LogP contribution in [0.1, 0.15) is 94.2 Å². The van der Waals surface area contributed by atoms with E-state index in [0.29, 0.717) is 0 Å². The number of carbonyl (C=O) groups is 12. The van der Waals surface area contributed by atoms with Gasteiger partial charge in [-0.3, -0.25) is 9.59 Å². The van der Waals surface area contributed by atoms with E-state index in [4.69, 9.17) is 48.1 Å². The van der Waals surface area contributed by atoms with Crippen molar-refractivity contribution in [3.63, 3.8) is 0 Å². The maximum Gasteiger partial charge on any atom is 0.347 e. The van der Waals surface area contributed by atoms with Crippen molar-refractivity contribution in [2.24, 2.45) is 0 Å². The molecule has 2 rings (SSSR count). The molecular weight excluding hydrogens is 977 g/mol. The van der Waals surface area contributed by atoms with Crippen molar-refractivity contribution in [3.05, 3.63) is 71.8 Å². The number of benzene rings is 2. The number of carboxylic acid groups (broad SMARTS) is 1. The summed E-state index contributed by atoms with van der Waals surface area (Å²) in [5.41, 5.74) is 1.61. The minimum absolute atomic E-state index is 0.0146. The summed E-state index contributed by atoms with van der Waals surface area (Å²) in [6.07, 6.45) is -12.8. The van der Waals surface area contributed by atoms with Gasteiger partial charge in [-0.25, -0.2) is 47.9 Å². The van der Waals surface area contributed by atoms with Gasteiger partial charge in [-0.1, -0.05) is 60.7 Å². The van der Waals surface area contributed by atoms with E-state index in [2.05, 4.69) is 14.2 Å². The minimum atomic E-state index is -1.40. The molecule has 73 heavy (non-hydrogen) atoms. The molecule has 2 N–H and O–H groups in total. The van der Waals surface area contributed by atoms with Crippen LogP contribution < -0.4 is 0 Å². The number of aliphatic hydroxyl groups is 1. The molecule has 0 aliphatic rings. The van der Waals surface area contributed by atoms with Gasteiger partial charge in [-0.2, -0.15) is 0 Å². The third-order valence-electron chi connectivity index (χ3n) is 8.53. The van der Waals surface area contributed by atoms with E-state index in [0.717, 1.165) is 31.9 Å². The predicted octanol–water partition coefficient (Wildman–Crippen LogP) is 2.34. The van der Waals surface area contributed by atoms with Gasteiger partial charge in [-0.15, -0.1) is 0 Å². The van der Waals surface area contributed by atoms with Gasteiger partial charge in [0.1, 0.15) is 19.3 Å². The fraction of sp³-hybridized carbons (Fsp3) is 0.500. The summed E-state index contributed by atoms with van der Waals surface area (Å²) in [4.78, 5) is 137. The van der Waals surface area contributed by atoms with E-state index in [1.54, 1.807) is 24.3 Å². The SMILES string of the molecule is CC(=O)O[C@@H](C)C(=O)O[C@H](C)C(=O)O[C@H](C)C(=O)O[C@H](C)C(=O)O.CC(=O)O[C@@H](C)C(=O)O[C@H](C)C(=O)O[C@H](C)C(=O)O[C@H](C)C(=O)OCc1ccccc1.C[C@H](O)C(=O)O[C@H](C)C(=O)OCc1ccccc1. The number of aliphatic carboxylic acids is 1. The highest BCUT2D eigenvalue weighted by molar-refractivity contribution is 5.87. The van der Waals surface area contributed by atoms with Crippen molar-refractivity contribution in [2.75, 3.05) is 0 Å². The Kier molecular flexibility index (Phi) is 29.9. The van der Waals surface area contributed by atoms with Crippen molar-refractivity contribution < 1.29 is 120 Å². The average Bonchev–Trinajstić information content (AvgIpc) is 3.32. The number of rotatable bonds is 23. The third kappa shape index (κ3) is 27.9. The molecule has 0 aromatic heterocycles. The lowest BCUT2D eigenvalue weighted by Crippen LogP contribution is -2.37. The van der Waals surface area contributed by atoms with Crippen molar-refractivity contribution in [3.8, 4) is 0 Å². The number of hydrogen-bond acceptors (Lipinski definition) is 24. The molecule has 0 radical (unpaired) electrons. The van der Waals surface area contributed by atoms with Crippen molar-refractivity contribution in [1.82, 2.24) is 0 Å². The molecule has 0 aliphatic carbocycles. The molecule has 0 unspecified atom stereocenters. The Labute approximate surface area is 419 Å². The van der Waals surface area contributed by atoms with Crippen molar-refractivity contribution in [1.29, 1.82) is 0 Å². The number of carbonyl (C=O) groups excluding carboxylic acids is 11. The van der Waals surface area contributed by atoms with Crippen LogP contribution in [0.4, 0.5) is 0 Å². The molecule has 0 bridgehead atoms. The number of esters is 11. The summed E-state index contributed by atoms with van der Waals surface area (Å²) in [7, 11) is 0. The summed E-state index contributed by atoms with van der Waals surface area (Å²) in [5.74, 6) is -11.0. The largest absolute Gasteiger partial charge is 0.479 e. The molecule has 0 fully saturated rings. The average molecular weight is 1040 g/mol. The van der Waals surface area contributed by atoms with Crippen LogP contribution in [0, 0.1) is 0 Å². The fourth-order valence-corrected chi connectivity index (χ4v) is 4.52. The maximum atomic E-state index is 12.1. The van der Waals surface area contributed by atoms with Gasteiger partial charge >= 0.3 is 71.6 Å². The molecule has 2 aromatic carbocycles. The molecule has 0 spiro atoms. The van der Waals surface area contributed by atoms with Crippen LogP contribution in [0.5, 0.6) is 0 Å². The fourth-order valence-electron chi connectivity index (χ4n) is 4.52. The number of carboxylic acids is 1. The van der Waals surface area contributed by atoms with E-state index in [9.17, 15) is 57.5 Å². The van der Waals surface area contributed by atoms with Gasteiger partial charge in [0.25, 0.3) is 0 Å². The predicted molar refractivity (Wildman–Crippen MR) is 243 cm³/mol. The molecule has 0 saturated carbocycles. The van der Waals surface area contributed by atoms with Gasteiger partial charge in [-0.05, 0) is 80.4 Å². The standard InChI is InChI=1S/C21H26O10.C14H20O10.C13H16O5/c1-12(18(23)27-11-17-9-7-6-8-10-17)29-20(25)14(3)31-21(26)15(4)30-19(24)13(2)28-16(5)22;1-6(11(16)17)22-13(19)8(3)24-14(20)9(4)23-12(18)7(2)21-10(5)15;1-9(14)12(15)18-10(2)13(16)17-8-11-6-4-3-5-7-11/h6-10,12-15H,11H2,1-5H3;6-9H,1-5H3,(H,16,17);3-7,9-10,14H,8H2,1-2H3/t12-,13+,14-,15-;6-,7+,8-,9-;9-,10+/m110/s1. The zero-order chi connectivity index (χ0) is 56.1.